The maximum Gasteiger partial charge on any atom is 0.131 e. The van der Waals surface area contributed by atoms with E-state index in [4.69, 9.17) is 22.1 Å². The molecule has 0 atom stereocenters. The van der Waals surface area contributed by atoms with Gasteiger partial charge in [0.15, 0.2) is 0 Å². The molecular formula is C15H19BrClN3O. The lowest BCUT2D eigenvalue weighted by Gasteiger charge is -2.12. The van der Waals surface area contributed by atoms with Gasteiger partial charge in [0.05, 0.1) is 15.9 Å². The molecule has 21 heavy (non-hydrogen) atoms. The molecule has 1 heterocycles. The lowest BCUT2D eigenvalue weighted by molar-refractivity contribution is 0.289. The van der Waals surface area contributed by atoms with E-state index in [1.54, 1.807) is 0 Å². The molecule has 2 aromatic rings. The van der Waals surface area contributed by atoms with Crippen LogP contribution in [0.3, 0.4) is 0 Å². The first-order chi connectivity index (χ1) is 10.1. The summed E-state index contributed by atoms with van der Waals surface area (Å²) in [4.78, 5) is 0. The summed E-state index contributed by atoms with van der Waals surface area (Å²) in [5, 5.41) is 5.16. The van der Waals surface area contributed by atoms with Gasteiger partial charge in [-0.25, -0.2) is 0 Å². The Morgan fingerprint density at radius 3 is 2.86 bits per heavy atom. The van der Waals surface area contributed by atoms with E-state index in [1.807, 2.05) is 29.8 Å². The number of aryl methyl sites for hydroxylation is 2. The van der Waals surface area contributed by atoms with Crippen molar-refractivity contribution in [3.8, 4) is 5.75 Å². The second-order valence-corrected chi connectivity index (χ2v) is 5.97. The minimum atomic E-state index is 0.453. The molecule has 1 aromatic heterocycles. The third-order valence-electron chi connectivity index (χ3n) is 3.25. The largest absolute Gasteiger partial charge is 0.487 e. The summed E-state index contributed by atoms with van der Waals surface area (Å²) in [6.45, 7) is 5.86. The molecule has 2 rings (SSSR count). The Balaban J connectivity index is 2.20. The van der Waals surface area contributed by atoms with E-state index < -0.39 is 0 Å². The van der Waals surface area contributed by atoms with Gasteiger partial charge in [-0.1, -0.05) is 11.6 Å². The van der Waals surface area contributed by atoms with Crippen LogP contribution in [0.4, 0.5) is 0 Å². The number of nitrogens with two attached hydrogens (primary N) is 1. The summed E-state index contributed by atoms with van der Waals surface area (Å²) in [6, 6.07) is 5.62. The van der Waals surface area contributed by atoms with Crippen LogP contribution < -0.4 is 10.5 Å². The van der Waals surface area contributed by atoms with Gasteiger partial charge in [-0.15, -0.1) is 0 Å². The molecule has 0 radical (unpaired) electrons. The van der Waals surface area contributed by atoms with Crippen molar-refractivity contribution in [2.75, 3.05) is 6.54 Å². The van der Waals surface area contributed by atoms with E-state index in [1.165, 1.54) is 0 Å². The average molecular weight is 373 g/mol. The molecule has 0 saturated carbocycles. The van der Waals surface area contributed by atoms with Crippen LogP contribution in [0.25, 0.3) is 0 Å². The van der Waals surface area contributed by atoms with Crippen LogP contribution in [0.2, 0.25) is 5.02 Å². The fraction of sp³-hybridized carbons (Fsp3) is 0.400. The SMILES string of the molecule is CCn1nc(C)c(Br)c1COc1ccc(Cl)cc1CCN. The van der Waals surface area contributed by atoms with Gasteiger partial charge in [-0.3, -0.25) is 4.68 Å². The van der Waals surface area contributed by atoms with Crippen molar-refractivity contribution in [2.24, 2.45) is 5.73 Å². The third-order valence-corrected chi connectivity index (χ3v) is 4.52. The number of rotatable bonds is 6. The highest BCUT2D eigenvalue weighted by molar-refractivity contribution is 9.10. The monoisotopic (exact) mass is 371 g/mol. The minimum Gasteiger partial charge on any atom is -0.487 e. The van der Waals surface area contributed by atoms with E-state index in [-0.39, 0.29) is 0 Å². The maximum atomic E-state index is 6.03. The van der Waals surface area contributed by atoms with Crippen molar-refractivity contribution in [1.82, 2.24) is 9.78 Å². The van der Waals surface area contributed by atoms with E-state index in [0.717, 1.165) is 40.1 Å². The van der Waals surface area contributed by atoms with Gasteiger partial charge in [-0.2, -0.15) is 5.10 Å². The summed E-state index contributed by atoms with van der Waals surface area (Å²) in [5.41, 5.74) is 8.67. The predicted octanol–water partition coefficient (Wildman–Crippen LogP) is 3.71. The molecule has 1 aromatic carbocycles. The maximum absolute atomic E-state index is 6.03. The van der Waals surface area contributed by atoms with E-state index >= 15 is 0 Å². The van der Waals surface area contributed by atoms with Gasteiger partial charge < -0.3 is 10.5 Å². The van der Waals surface area contributed by atoms with Gasteiger partial charge in [0, 0.05) is 11.6 Å². The third kappa shape index (κ3) is 3.78. The van der Waals surface area contributed by atoms with Gasteiger partial charge in [-0.05, 0) is 66.5 Å². The minimum absolute atomic E-state index is 0.453. The van der Waals surface area contributed by atoms with Gasteiger partial charge in [0.25, 0.3) is 0 Å². The fourth-order valence-electron chi connectivity index (χ4n) is 2.19. The van der Waals surface area contributed by atoms with Gasteiger partial charge >= 0.3 is 0 Å². The van der Waals surface area contributed by atoms with Crippen molar-refractivity contribution in [3.63, 3.8) is 0 Å². The number of hydrogen-bond donors (Lipinski definition) is 1. The topological polar surface area (TPSA) is 53.1 Å². The highest BCUT2D eigenvalue weighted by Crippen LogP contribution is 2.26. The molecule has 2 N–H and O–H groups in total. The highest BCUT2D eigenvalue weighted by Gasteiger charge is 2.13. The number of halogens is 2. The van der Waals surface area contributed by atoms with Crippen LogP contribution in [0, 0.1) is 6.92 Å². The lowest BCUT2D eigenvalue weighted by Crippen LogP contribution is -2.09. The van der Waals surface area contributed by atoms with Crippen molar-refractivity contribution in [1.29, 1.82) is 0 Å². The Kier molecular flexibility index (Phi) is 5.67. The molecular weight excluding hydrogens is 354 g/mol. The standard InChI is InChI=1S/C15H19BrClN3O/c1-3-20-13(15(16)10(2)19-20)9-21-14-5-4-12(17)8-11(14)6-7-18/h4-5,8H,3,6-7,9,18H2,1-2H3. The molecule has 4 nitrogen and oxygen atoms in total. The number of ether oxygens (including phenoxy) is 1. The van der Waals surface area contributed by atoms with E-state index in [9.17, 15) is 0 Å². The summed E-state index contributed by atoms with van der Waals surface area (Å²) >= 11 is 9.60. The summed E-state index contributed by atoms with van der Waals surface area (Å²) in [6.07, 6.45) is 0.739. The number of hydrogen-bond acceptors (Lipinski definition) is 3. The van der Waals surface area contributed by atoms with Crippen molar-refractivity contribution < 1.29 is 4.74 Å². The zero-order valence-corrected chi connectivity index (χ0v) is 14.5. The van der Waals surface area contributed by atoms with Crippen molar-refractivity contribution in [3.05, 3.63) is 44.6 Å². The smallest absolute Gasteiger partial charge is 0.131 e. The summed E-state index contributed by atoms with van der Waals surface area (Å²) in [7, 11) is 0. The van der Waals surface area contributed by atoms with Crippen molar-refractivity contribution in [2.45, 2.75) is 33.4 Å². The second kappa shape index (κ2) is 7.29. The quantitative estimate of drug-likeness (QED) is 0.841. The molecule has 114 valence electrons. The molecule has 0 bridgehead atoms. The molecule has 0 saturated heterocycles. The molecule has 0 aliphatic heterocycles. The molecule has 0 unspecified atom stereocenters. The van der Waals surface area contributed by atoms with Crippen LogP contribution in [-0.2, 0) is 19.6 Å². The Morgan fingerprint density at radius 1 is 1.43 bits per heavy atom. The summed E-state index contributed by atoms with van der Waals surface area (Å²) < 4.78 is 8.90. The van der Waals surface area contributed by atoms with Crippen molar-refractivity contribution >= 4 is 27.5 Å². The predicted molar refractivity (Wildman–Crippen MR) is 88.9 cm³/mol. The second-order valence-electron chi connectivity index (χ2n) is 4.74. The van der Waals surface area contributed by atoms with Gasteiger partial charge in [0.1, 0.15) is 12.4 Å². The number of aromatic nitrogens is 2. The number of nitrogens with zero attached hydrogens (tertiary/aromatic N) is 2. The van der Waals surface area contributed by atoms with E-state index in [0.29, 0.717) is 18.2 Å². The van der Waals surface area contributed by atoms with E-state index in [2.05, 4.69) is 28.0 Å². The van der Waals surface area contributed by atoms with Crippen LogP contribution in [0.15, 0.2) is 22.7 Å². The van der Waals surface area contributed by atoms with Crippen LogP contribution in [0.5, 0.6) is 5.75 Å². The molecule has 6 heteroatoms. The Morgan fingerprint density at radius 2 is 2.19 bits per heavy atom. The lowest BCUT2D eigenvalue weighted by atomic mass is 10.1. The Bertz CT molecular complexity index is 628. The summed E-state index contributed by atoms with van der Waals surface area (Å²) in [5.74, 6) is 0.818. The first-order valence-corrected chi connectivity index (χ1v) is 8.07. The zero-order chi connectivity index (χ0) is 15.4. The number of benzene rings is 1. The van der Waals surface area contributed by atoms with Gasteiger partial charge in [0.2, 0.25) is 0 Å². The first-order valence-electron chi connectivity index (χ1n) is 6.89. The fourth-order valence-corrected chi connectivity index (χ4v) is 2.79. The van der Waals surface area contributed by atoms with Crippen LogP contribution in [-0.4, -0.2) is 16.3 Å². The van der Waals surface area contributed by atoms with Crippen LogP contribution in [0.1, 0.15) is 23.9 Å². The van der Waals surface area contributed by atoms with Crippen LogP contribution >= 0.6 is 27.5 Å². The highest BCUT2D eigenvalue weighted by atomic mass is 79.9. The zero-order valence-electron chi connectivity index (χ0n) is 12.2. The molecule has 0 aliphatic rings. The normalized spacial score (nSPS) is 10.9. The molecule has 0 spiro atoms. The first kappa shape index (κ1) is 16.3. The molecule has 0 fully saturated rings. The Hall–Kier alpha value is -1.04. The average Bonchev–Trinajstić information content (AvgIpc) is 2.74. The Labute approximate surface area is 138 Å². The molecule has 0 aliphatic carbocycles. The molecule has 0 amide bonds.